The van der Waals surface area contributed by atoms with Crippen molar-refractivity contribution in [2.45, 2.75) is 6.54 Å². The van der Waals surface area contributed by atoms with Gasteiger partial charge in [0.2, 0.25) is 5.91 Å². The van der Waals surface area contributed by atoms with Gasteiger partial charge in [-0.2, -0.15) is 0 Å². The Morgan fingerprint density at radius 1 is 1.26 bits per heavy atom. The van der Waals surface area contributed by atoms with Gasteiger partial charge in [-0.05, 0) is 11.4 Å². The molecule has 1 fully saturated rings. The van der Waals surface area contributed by atoms with Crippen molar-refractivity contribution in [3.05, 3.63) is 34.5 Å². The number of carbonyl (C=O) groups excluding carboxylic acids is 1. The van der Waals surface area contributed by atoms with Crippen LogP contribution < -0.4 is 0 Å². The van der Waals surface area contributed by atoms with Crippen molar-refractivity contribution in [2.24, 2.45) is 0 Å². The van der Waals surface area contributed by atoms with Crippen LogP contribution in [0.4, 0.5) is 0 Å². The summed E-state index contributed by atoms with van der Waals surface area (Å²) < 4.78 is 0. The minimum atomic E-state index is -1.09. The number of carboxylic acid groups (broad SMARTS) is 1. The molecule has 0 aliphatic carbocycles. The molecule has 2 rings (SSSR count). The molecule has 1 aliphatic rings. The molecule has 1 amide bonds. The van der Waals surface area contributed by atoms with Gasteiger partial charge in [0.25, 0.3) is 0 Å². The fourth-order valence-electron chi connectivity index (χ4n) is 2.00. The van der Waals surface area contributed by atoms with Crippen molar-refractivity contribution in [1.82, 2.24) is 9.80 Å². The molecule has 0 atom stereocenters. The lowest BCUT2D eigenvalue weighted by atomic mass is 10.3. The van der Waals surface area contributed by atoms with E-state index in [9.17, 15) is 9.59 Å². The van der Waals surface area contributed by atoms with Gasteiger partial charge in [-0.15, -0.1) is 11.3 Å². The van der Waals surface area contributed by atoms with E-state index in [0.717, 1.165) is 31.8 Å². The Bertz CT molecular complexity index is 462. The van der Waals surface area contributed by atoms with Gasteiger partial charge in [-0.1, -0.05) is 6.07 Å². The average molecular weight is 280 g/mol. The third kappa shape index (κ3) is 4.18. The van der Waals surface area contributed by atoms with Crippen LogP contribution in [0.1, 0.15) is 4.88 Å². The lowest BCUT2D eigenvalue weighted by Crippen LogP contribution is -2.47. The normalized spacial score (nSPS) is 16.9. The van der Waals surface area contributed by atoms with Crippen molar-refractivity contribution in [1.29, 1.82) is 0 Å². The molecule has 0 saturated carbocycles. The number of hydrogen-bond donors (Lipinski definition) is 1. The van der Waals surface area contributed by atoms with Gasteiger partial charge in [0.15, 0.2) is 0 Å². The largest absolute Gasteiger partial charge is 0.478 e. The second-order valence-corrected chi connectivity index (χ2v) is 5.38. The first-order valence-corrected chi connectivity index (χ1v) is 6.98. The van der Waals surface area contributed by atoms with E-state index < -0.39 is 5.97 Å². The molecule has 1 N–H and O–H groups in total. The number of amides is 1. The number of carbonyl (C=O) groups is 2. The van der Waals surface area contributed by atoms with E-state index in [2.05, 4.69) is 16.3 Å². The second kappa shape index (κ2) is 6.49. The molecule has 0 bridgehead atoms. The van der Waals surface area contributed by atoms with E-state index in [1.165, 1.54) is 4.88 Å². The smallest absolute Gasteiger partial charge is 0.328 e. The summed E-state index contributed by atoms with van der Waals surface area (Å²) in [7, 11) is 0. The van der Waals surface area contributed by atoms with E-state index in [-0.39, 0.29) is 5.91 Å². The highest BCUT2D eigenvalue weighted by atomic mass is 32.1. The van der Waals surface area contributed by atoms with Crippen molar-refractivity contribution in [3.8, 4) is 0 Å². The predicted octanol–water partition coefficient (Wildman–Crippen LogP) is 1.03. The van der Waals surface area contributed by atoms with Crippen LogP contribution in [-0.4, -0.2) is 53.0 Å². The monoisotopic (exact) mass is 280 g/mol. The Hall–Kier alpha value is -1.66. The third-order valence-corrected chi connectivity index (χ3v) is 3.87. The first-order chi connectivity index (χ1) is 9.15. The zero-order valence-electron chi connectivity index (χ0n) is 10.5. The average Bonchev–Trinajstić information content (AvgIpc) is 2.89. The van der Waals surface area contributed by atoms with E-state index in [1.807, 2.05) is 6.07 Å². The molecule has 5 nitrogen and oxygen atoms in total. The maximum atomic E-state index is 11.7. The molecule has 19 heavy (non-hydrogen) atoms. The predicted molar refractivity (Wildman–Crippen MR) is 73.0 cm³/mol. The van der Waals surface area contributed by atoms with E-state index in [0.29, 0.717) is 13.1 Å². The number of hydrogen-bond acceptors (Lipinski definition) is 4. The maximum absolute atomic E-state index is 11.7. The second-order valence-electron chi connectivity index (χ2n) is 4.35. The molecule has 0 spiro atoms. The minimum absolute atomic E-state index is 0.224. The summed E-state index contributed by atoms with van der Waals surface area (Å²) in [5.41, 5.74) is 0. The van der Waals surface area contributed by atoms with Crippen molar-refractivity contribution >= 4 is 23.2 Å². The van der Waals surface area contributed by atoms with Crippen LogP contribution >= 0.6 is 11.3 Å². The summed E-state index contributed by atoms with van der Waals surface area (Å²) in [6.07, 6.45) is 2.01. The molecule has 1 aromatic rings. The van der Waals surface area contributed by atoms with Crippen LogP contribution in [-0.2, 0) is 16.1 Å². The Kier molecular flexibility index (Phi) is 4.70. The standard InChI is InChI=1S/C13H16N2O3S/c16-12(3-4-13(17)18)15-7-5-14(6-8-15)10-11-2-1-9-19-11/h1-4,9H,5-8,10H2,(H,17,18)/b4-3+. The fraction of sp³-hybridized carbons (Fsp3) is 0.385. The van der Waals surface area contributed by atoms with Crippen LogP contribution in [0.2, 0.25) is 0 Å². The number of carboxylic acids is 1. The van der Waals surface area contributed by atoms with Crippen LogP contribution in [0, 0.1) is 0 Å². The molecule has 0 radical (unpaired) electrons. The first kappa shape index (κ1) is 13.8. The van der Waals surface area contributed by atoms with Crippen LogP contribution in [0.5, 0.6) is 0 Å². The lowest BCUT2D eigenvalue weighted by molar-refractivity contribution is -0.132. The van der Waals surface area contributed by atoms with Crippen molar-refractivity contribution < 1.29 is 14.7 Å². The molecule has 2 heterocycles. The van der Waals surface area contributed by atoms with Crippen LogP contribution in [0.3, 0.4) is 0 Å². The Morgan fingerprint density at radius 3 is 2.58 bits per heavy atom. The number of thiophene rings is 1. The Morgan fingerprint density at radius 2 is 2.00 bits per heavy atom. The van der Waals surface area contributed by atoms with Crippen molar-refractivity contribution in [3.63, 3.8) is 0 Å². The molecular weight excluding hydrogens is 264 g/mol. The SMILES string of the molecule is O=C(O)/C=C/C(=O)N1CCN(Cc2cccs2)CC1. The molecule has 1 saturated heterocycles. The molecule has 6 heteroatoms. The Labute approximate surface area is 115 Å². The Balaban J connectivity index is 1.79. The molecule has 102 valence electrons. The minimum Gasteiger partial charge on any atom is -0.478 e. The highest BCUT2D eigenvalue weighted by molar-refractivity contribution is 7.09. The highest BCUT2D eigenvalue weighted by Gasteiger charge is 2.19. The summed E-state index contributed by atoms with van der Waals surface area (Å²) in [4.78, 5) is 27.3. The highest BCUT2D eigenvalue weighted by Crippen LogP contribution is 2.13. The number of aliphatic carboxylic acids is 1. The summed E-state index contributed by atoms with van der Waals surface area (Å²) in [5.74, 6) is -1.32. The summed E-state index contributed by atoms with van der Waals surface area (Å²) in [6.45, 7) is 3.86. The van der Waals surface area contributed by atoms with Crippen LogP contribution in [0.25, 0.3) is 0 Å². The van der Waals surface area contributed by atoms with E-state index >= 15 is 0 Å². The van der Waals surface area contributed by atoms with Crippen LogP contribution in [0.15, 0.2) is 29.7 Å². The number of piperazine rings is 1. The number of nitrogens with zero attached hydrogens (tertiary/aromatic N) is 2. The van der Waals surface area contributed by atoms with E-state index in [1.54, 1.807) is 16.2 Å². The first-order valence-electron chi connectivity index (χ1n) is 6.10. The zero-order valence-corrected chi connectivity index (χ0v) is 11.3. The fourth-order valence-corrected chi connectivity index (χ4v) is 2.74. The van der Waals surface area contributed by atoms with Gasteiger partial charge in [0.05, 0.1) is 0 Å². The summed E-state index contributed by atoms with van der Waals surface area (Å²) in [5, 5.41) is 10.5. The molecular formula is C13H16N2O3S. The summed E-state index contributed by atoms with van der Waals surface area (Å²) >= 11 is 1.74. The lowest BCUT2D eigenvalue weighted by Gasteiger charge is -2.33. The zero-order chi connectivity index (χ0) is 13.7. The van der Waals surface area contributed by atoms with Gasteiger partial charge >= 0.3 is 5.97 Å². The molecule has 1 aliphatic heterocycles. The molecule has 0 aromatic carbocycles. The van der Waals surface area contributed by atoms with Gasteiger partial charge in [0, 0.05) is 49.8 Å². The summed E-state index contributed by atoms with van der Waals surface area (Å²) in [6, 6.07) is 4.15. The third-order valence-electron chi connectivity index (χ3n) is 3.01. The number of rotatable bonds is 4. The van der Waals surface area contributed by atoms with Gasteiger partial charge in [0.1, 0.15) is 0 Å². The van der Waals surface area contributed by atoms with E-state index in [4.69, 9.17) is 5.11 Å². The maximum Gasteiger partial charge on any atom is 0.328 e. The van der Waals surface area contributed by atoms with Gasteiger partial charge in [-0.3, -0.25) is 9.69 Å². The van der Waals surface area contributed by atoms with Gasteiger partial charge < -0.3 is 10.0 Å². The molecule has 0 unspecified atom stereocenters. The topological polar surface area (TPSA) is 60.9 Å². The quantitative estimate of drug-likeness (QED) is 0.837. The van der Waals surface area contributed by atoms with Gasteiger partial charge in [-0.25, -0.2) is 4.79 Å². The molecule has 1 aromatic heterocycles. The van der Waals surface area contributed by atoms with Crippen molar-refractivity contribution in [2.75, 3.05) is 26.2 Å².